The number of hydrogen-bond donors (Lipinski definition) is 2. The van der Waals surface area contributed by atoms with Gasteiger partial charge in [-0.2, -0.15) is 0 Å². The average molecular weight is 1040 g/mol. The van der Waals surface area contributed by atoms with Crippen molar-refractivity contribution in [2.45, 2.75) is 277 Å². The Morgan fingerprint density at radius 1 is 0.507 bits per heavy atom. The summed E-state index contributed by atoms with van der Waals surface area (Å²) < 4.78 is 30.6. The Kier molecular flexibility index (Phi) is 51.0. The Bertz CT molecular complexity index is 1480. The molecule has 3 atom stereocenters. The Hall–Kier alpha value is -2.55. The van der Waals surface area contributed by atoms with Gasteiger partial charge in [-0.3, -0.25) is 18.6 Å². The Labute approximate surface area is 451 Å². The smallest absolute Gasteiger partial charge is 0.456 e. The van der Waals surface area contributed by atoms with E-state index in [2.05, 4.69) is 86.8 Å². The van der Waals surface area contributed by atoms with Crippen LogP contribution in [-0.4, -0.2) is 74.3 Å². The lowest BCUT2D eigenvalue weighted by Gasteiger charge is -2.27. The van der Waals surface area contributed by atoms with Gasteiger partial charge < -0.3 is 19.4 Å². The molecule has 0 aliphatic rings. The third-order valence-corrected chi connectivity index (χ3v) is 14.2. The SMILES string of the molecule is CC/C=C/C=C/C=C/CCCCCCCCCC(=O)NC(COP(=O)(O)OCC[N+](C)(C)C)C(/C=C\CCCCCCCCCCC)OC(=O)CCCCCCCCCCCCC/C=C\C/C=C\CCCCC. The van der Waals surface area contributed by atoms with Gasteiger partial charge in [0.05, 0.1) is 33.8 Å². The zero-order valence-corrected chi connectivity index (χ0v) is 49.3. The summed E-state index contributed by atoms with van der Waals surface area (Å²) in [4.78, 5) is 37.6. The van der Waals surface area contributed by atoms with Gasteiger partial charge in [-0.05, 0) is 83.1 Å². The number of allylic oxidation sites excluding steroid dienone is 11. The summed E-state index contributed by atoms with van der Waals surface area (Å²) in [6.07, 6.45) is 67.5. The summed E-state index contributed by atoms with van der Waals surface area (Å²) >= 11 is 0. The number of nitrogens with one attached hydrogen (secondary N) is 1. The lowest BCUT2D eigenvalue weighted by Crippen LogP contribution is -2.47. The number of esters is 1. The monoisotopic (exact) mass is 1040 g/mol. The maximum Gasteiger partial charge on any atom is 0.472 e. The molecule has 0 radical (unpaired) electrons. The lowest BCUT2D eigenvalue weighted by molar-refractivity contribution is -0.870. The van der Waals surface area contributed by atoms with E-state index in [0.29, 0.717) is 17.4 Å². The number of ether oxygens (including phenoxy) is 1. The number of hydrogen-bond acceptors (Lipinski definition) is 6. The molecule has 0 aliphatic carbocycles. The Morgan fingerprint density at radius 2 is 0.932 bits per heavy atom. The summed E-state index contributed by atoms with van der Waals surface area (Å²) in [5.74, 6) is -0.521. The molecule has 0 fully saturated rings. The fraction of sp³-hybridized carbons (Fsp3) is 0.778. The van der Waals surface area contributed by atoms with Crippen LogP contribution < -0.4 is 5.32 Å². The number of likely N-dealkylation sites (N-methyl/N-ethyl adjacent to an activating group) is 1. The number of carbonyl (C=O) groups is 2. The van der Waals surface area contributed by atoms with Crippen LogP contribution in [0.1, 0.15) is 265 Å². The van der Waals surface area contributed by atoms with Crippen molar-refractivity contribution in [2.75, 3.05) is 40.9 Å². The minimum absolute atomic E-state index is 0.0352. The fourth-order valence-electron chi connectivity index (χ4n) is 8.50. The van der Waals surface area contributed by atoms with Crippen LogP contribution in [0.2, 0.25) is 0 Å². The minimum Gasteiger partial charge on any atom is -0.456 e. The Balaban J connectivity index is 5.21. The molecule has 0 aromatic carbocycles. The molecule has 10 heteroatoms. The molecule has 0 saturated carbocycles. The summed E-state index contributed by atoms with van der Waals surface area (Å²) in [6.45, 7) is 6.85. The second-order valence-electron chi connectivity index (χ2n) is 21.6. The maximum atomic E-state index is 13.5. The van der Waals surface area contributed by atoms with Crippen LogP contribution in [0.25, 0.3) is 0 Å². The van der Waals surface area contributed by atoms with Crippen molar-refractivity contribution >= 4 is 19.7 Å². The van der Waals surface area contributed by atoms with E-state index in [1.165, 1.54) is 148 Å². The van der Waals surface area contributed by atoms with Gasteiger partial charge in [0.15, 0.2) is 0 Å². The van der Waals surface area contributed by atoms with E-state index in [1.54, 1.807) is 0 Å². The first-order valence-electron chi connectivity index (χ1n) is 30.3. The molecular weight excluding hydrogens is 928 g/mol. The first-order chi connectivity index (χ1) is 35.4. The molecule has 0 aliphatic heterocycles. The first kappa shape index (κ1) is 70.5. The number of amides is 1. The van der Waals surface area contributed by atoms with Crippen molar-refractivity contribution in [3.63, 3.8) is 0 Å². The largest absolute Gasteiger partial charge is 0.472 e. The van der Waals surface area contributed by atoms with Crippen molar-refractivity contribution in [1.29, 1.82) is 0 Å². The first-order valence-corrected chi connectivity index (χ1v) is 31.8. The summed E-state index contributed by atoms with van der Waals surface area (Å²) in [5, 5.41) is 3.04. The predicted molar refractivity (Wildman–Crippen MR) is 314 cm³/mol. The van der Waals surface area contributed by atoms with Crippen molar-refractivity contribution in [2.24, 2.45) is 0 Å². The third-order valence-electron chi connectivity index (χ3n) is 13.2. The maximum absolute atomic E-state index is 13.5. The zero-order chi connectivity index (χ0) is 53.6. The molecule has 2 N–H and O–H groups in total. The third kappa shape index (κ3) is 54.1. The van der Waals surface area contributed by atoms with Gasteiger partial charge in [-0.1, -0.05) is 242 Å². The second kappa shape index (κ2) is 52.9. The molecule has 0 aromatic rings. The molecule has 9 nitrogen and oxygen atoms in total. The van der Waals surface area contributed by atoms with Gasteiger partial charge >= 0.3 is 13.8 Å². The van der Waals surface area contributed by atoms with Crippen LogP contribution in [-0.2, 0) is 27.9 Å². The molecule has 0 heterocycles. The van der Waals surface area contributed by atoms with Crippen LogP contribution in [0.3, 0.4) is 0 Å². The van der Waals surface area contributed by atoms with Crippen LogP contribution in [0.4, 0.5) is 0 Å². The van der Waals surface area contributed by atoms with E-state index in [9.17, 15) is 19.0 Å². The van der Waals surface area contributed by atoms with E-state index in [4.69, 9.17) is 13.8 Å². The molecule has 424 valence electrons. The zero-order valence-electron chi connectivity index (χ0n) is 48.4. The molecule has 0 rings (SSSR count). The van der Waals surface area contributed by atoms with Crippen molar-refractivity contribution in [1.82, 2.24) is 5.32 Å². The van der Waals surface area contributed by atoms with E-state index < -0.39 is 20.0 Å². The van der Waals surface area contributed by atoms with Crippen molar-refractivity contribution < 1.29 is 37.3 Å². The quantitative estimate of drug-likeness (QED) is 0.0156. The van der Waals surface area contributed by atoms with Crippen LogP contribution in [0.15, 0.2) is 72.9 Å². The van der Waals surface area contributed by atoms with E-state index >= 15 is 0 Å². The van der Waals surface area contributed by atoms with Crippen LogP contribution in [0.5, 0.6) is 0 Å². The van der Waals surface area contributed by atoms with E-state index in [-0.39, 0.29) is 31.5 Å². The highest BCUT2D eigenvalue weighted by atomic mass is 31.2. The van der Waals surface area contributed by atoms with E-state index in [1.807, 2.05) is 33.3 Å². The normalized spacial score (nSPS) is 14.2. The molecular formula is C63H116N2O7P+. The van der Waals surface area contributed by atoms with Gasteiger partial charge in [0.2, 0.25) is 5.91 Å². The number of quaternary nitrogens is 1. The molecule has 0 saturated heterocycles. The number of nitrogens with zero attached hydrogens (tertiary/aromatic N) is 1. The summed E-state index contributed by atoms with van der Waals surface area (Å²) in [5.41, 5.74) is 0. The number of carbonyl (C=O) groups excluding carboxylic acids is 2. The molecule has 1 amide bonds. The predicted octanol–water partition coefficient (Wildman–Crippen LogP) is 18.4. The number of phosphoric ester groups is 1. The highest BCUT2D eigenvalue weighted by Crippen LogP contribution is 2.43. The van der Waals surface area contributed by atoms with Gasteiger partial charge in [-0.15, -0.1) is 0 Å². The summed E-state index contributed by atoms with van der Waals surface area (Å²) in [6, 6.07) is -0.857. The second-order valence-corrected chi connectivity index (χ2v) is 23.0. The number of rotatable bonds is 54. The summed E-state index contributed by atoms with van der Waals surface area (Å²) in [7, 11) is 1.48. The molecule has 0 bridgehead atoms. The Morgan fingerprint density at radius 3 is 1.44 bits per heavy atom. The van der Waals surface area contributed by atoms with Gasteiger partial charge in [0, 0.05) is 12.8 Å². The number of phosphoric acid groups is 1. The molecule has 73 heavy (non-hydrogen) atoms. The van der Waals surface area contributed by atoms with Crippen LogP contribution in [0, 0.1) is 0 Å². The van der Waals surface area contributed by atoms with Crippen molar-refractivity contribution in [3.8, 4) is 0 Å². The standard InChI is InChI=1S/C63H115N2O7P/c1-7-10-13-16-19-22-25-27-29-30-31-32-33-34-36-38-41-44-47-50-53-56-63(67)72-61(54-51-48-45-42-39-24-21-18-15-12-9-3)60(59-71-73(68,69)70-58-57-65(4,5)6)64-62(66)55-52-49-46-43-40-37-35-28-26-23-20-17-14-11-8-2/h11,14,17,19-20,22-23,26-27,29,51,54,60-61H,7-10,12-13,15-16,18,21,24-25,28,30-50,52-53,55-59H2,1-6H3,(H-,64,66,68,69)/p+1/b14-11+,20-17+,22-19-,26-23+,29-27-,54-51-. The van der Waals surface area contributed by atoms with Gasteiger partial charge in [0.1, 0.15) is 19.3 Å². The van der Waals surface area contributed by atoms with E-state index in [0.717, 1.165) is 83.5 Å². The fourth-order valence-corrected chi connectivity index (χ4v) is 9.24. The van der Waals surface area contributed by atoms with Gasteiger partial charge in [0.25, 0.3) is 0 Å². The lowest BCUT2D eigenvalue weighted by atomic mass is 10.0. The molecule has 3 unspecified atom stereocenters. The molecule has 0 aromatic heterocycles. The topological polar surface area (TPSA) is 111 Å². The van der Waals surface area contributed by atoms with Crippen molar-refractivity contribution in [3.05, 3.63) is 72.9 Å². The molecule has 0 spiro atoms. The highest BCUT2D eigenvalue weighted by Gasteiger charge is 2.30. The number of unbranched alkanes of at least 4 members (excludes halogenated alkanes) is 30. The average Bonchev–Trinajstić information content (AvgIpc) is 3.35. The van der Waals surface area contributed by atoms with Gasteiger partial charge in [-0.25, -0.2) is 4.57 Å². The minimum atomic E-state index is -4.45. The van der Waals surface area contributed by atoms with Crippen LogP contribution >= 0.6 is 7.82 Å². The highest BCUT2D eigenvalue weighted by molar-refractivity contribution is 7.47.